The summed E-state index contributed by atoms with van der Waals surface area (Å²) in [5, 5.41) is 20.0. The van der Waals surface area contributed by atoms with E-state index in [1.54, 1.807) is 0 Å². The second-order valence-electron chi connectivity index (χ2n) is 4.14. The molecule has 0 aromatic heterocycles. The van der Waals surface area contributed by atoms with Gasteiger partial charge in [-0.3, -0.25) is 10.1 Å². The Labute approximate surface area is 129 Å². The molecule has 0 atom stereocenters. The number of nitrogens with zero attached hydrogens (tertiary/aromatic N) is 1. The van der Waals surface area contributed by atoms with Crippen molar-refractivity contribution in [2.75, 3.05) is 0 Å². The van der Waals surface area contributed by atoms with Gasteiger partial charge < -0.3 is 5.11 Å². The number of carboxylic acids is 1. The molecular weight excluding hydrogens is 314 g/mol. The summed E-state index contributed by atoms with van der Waals surface area (Å²) in [5.74, 6) is -0.713. The number of non-ortho nitro benzene ring substituents is 1. The van der Waals surface area contributed by atoms with Crippen LogP contribution in [-0.2, 0) is 5.75 Å². The summed E-state index contributed by atoms with van der Waals surface area (Å²) in [5.41, 5.74) is 0.518. The first kappa shape index (κ1) is 15.3. The van der Waals surface area contributed by atoms with Crippen molar-refractivity contribution < 1.29 is 14.8 Å². The van der Waals surface area contributed by atoms with E-state index in [0.717, 1.165) is 11.6 Å². The van der Waals surface area contributed by atoms with Crippen LogP contribution in [0.25, 0.3) is 0 Å². The van der Waals surface area contributed by atoms with Crippen LogP contribution in [0.3, 0.4) is 0 Å². The Balaban J connectivity index is 2.34. The van der Waals surface area contributed by atoms with Gasteiger partial charge in [-0.2, -0.15) is 0 Å². The lowest BCUT2D eigenvalue weighted by Gasteiger charge is -2.08. The van der Waals surface area contributed by atoms with Crippen LogP contribution < -0.4 is 0 Å². The highest BCUT2D eigenvalue weighted by atomic mass is 35.5. The first-order valence-electron chi connectivity index (χ1n) is 5.87. The molecule has 2 aromatic rings. The Morgan fingerprint density at radius 2 is 1.95 bits per heavy atom. The molecule has 7 heteroatoms. The average Bonchev–Trinajstić information content (AvgIpc) is 2.46. The summed E-state index contributed by atoms with van der Waals surface area (Å²) in [6.07, 6.45) is 0. The van der Waals surface area contributed by atoms with E-state index in [-0.39, 0.29) is 16.3 Å². The molecule has 0 bridgehead atoms. The molecule has 0 aliphatic rings. The average molecular weight is 324 g/mol. The monoisotopic (exact) mass is 323 g/mol. The fraction of sp³-hybridized carbons (Fsp3) is 0.0714. The van der Waals surface area contributed by atoms with Crippen LogP contribution >= 0.6 is 23.4 Å². The van der Waals surface area contributed by atoms with Crippen LogP contribution in [0.4, 0.5) is 5.69 Å². The maximum Gasteiger partial charge on any atom is 0.337 e. The van der Waals surface area contributed by atoms with Gasteiger partial charge in [0.05, 0.1) is 15.5 Å². The highest BCUT2D eigenvalue weighted by molar-refractivity contribution is 7.98. The lowest BCUT2D eigenvalue weighted by atomic mass is 10.2. The number of carbonyl (C=O) groups is 1. The number of halogens is 1. The van der Waals surface area contributed by atoms with Crippen molar-refractivity contribution in [2.45, 2.75) is 10.6 Å². The number of rotatable bonds is 5. The molecule has 21 heavy (non-hydrogen) atoms. The zero-order valence-electron chi connectivity index (χ0n) is 10.7. The van der Waals surface area contributed by atoms with Crippen molar-refractivity contribution in [3.05, 3.63) is 68.7 Å². The third-order valence-electron chi connectivity index (χ3n) is 2.70. The quantitative estimate of drug-likeness (QED) is 0.505. The van der Waals surface area contributed by atoms with Crippen molar-refractivity contribution in [1.29, 1.82) is 0 Å². The Morgan fingerprint density at radius 1 is 1.29 bits per heavy atom. The van der Waals surface area contributed by atoms with Crippen LogP contribution in [-0.4, -0.2) is 16.0 Å². The summed E-state index contributed by atoms with van der Waals surface area (Å²) >= 11 is 7.24. The van der Waals surface area contributed by atoms with E-state index in [1.807, 2.05) is 30.3 Å². The van der Waals surface area contributed by atoms with Crippen LogP contribution in [0.15, 0.2) is 47.4 Å². The number of carboxylic acid groups (broad SMARTS) is 1. The Hall–Kier alpha value is -2.05. The number of nitro benzene ring substituents is 1. The standard InChI is InChI=1S/C14H10ClNO4S/c15-12-7-10(16(19)20)6-11(14(17)18)13(12)21-8-9-4-2-1-3-5-9/h1-7H,8H2,(H,17,18). The molecular formula is C14H10ClNO4S. The zero-order chi connectivity index (χ0) is 15.4. The maximum atomic E-state index is 11.3. The molecule has 5 nitrogen and oxygen atoms in total. The van der Waals surface area contributed by atoms with Gasteiger partial charge in [-0.15, -0.1) is 11.8 Å². The maximum absolute atomic E-state index is 11.3. The smallest absolute Gasteiger partial charge is 0.337 e. The summed E-state index contributed by atoms with van der Waals surface area (Å²) in [7, 11) is 0. The second-order valence-corrected chi connectivity index (χ2v) is 5.53. The van der Waals surface area contributed by atoms with Gasteiger partial charge in [-0.1, -0.05) is 41.9 Å². The van der Waals surface area contributed by atoms with Crippen molar-refractivity contribution in [1.82, 2.24) is 0 Å². The molecule has 2 aromatic carbocycles. The molecule has 1 N–H and O–H groups in total. The molecule has 0 aliphatic heterocycles. The first-order chi connectivity index (χ1) is 9.99. The zero-order valence-corrected chi connectivity index (χ0v) is 12.2. The number of aromatic carboxylic acids is 1. The SMILES string of the molecule is O=C(O)c1cc([N+](=O)[O-])cc(Cl)c1SCc1ccccc1. The predicted octanol–water partition coefficient (Wildman–Crippen LogP) is 4.24. The highest BCUT2D eigenvalue weighted by Crippen LogP contribution is 2.36. The number of hydrogen-bond donors (Lipinski definition) is 1. The van der Waals surface area contributed by atoms with Gasteiger partial charge in [-0.05, 0) is 5.56 Å². The minimum atomic E-state index is -1.24. The molecule has 0 fully saturated rings. The van der Waals surface area contributed by atoms with Crippen LogP contribution in [0.1, 0.15) is 15.9 Å². The van der Waals surface area contributed by atoms with Crippen molar-refractivity contribution in [3.63, 3.8) is 0 Å². The summed E-state index contributed by atoms with van der Waals surface area (Å²) in [4.78, 5) is 21.7. The summed E-state index contributed by atoms with van der Waals surface area (Å²) in [6, 6.07) is 11.7. The third kappa shape index (κ3) is 3.74. The van der Waals surface area contributed by atoms with E-state index in [2.05, 4.69) is 0 Å². The lowest BCUT2D eigenvalue weighted by molar-refractivity contribution is -0.384. The summed E-state index contributed by atoms with van der Waals surface area (Å²) in [6.45, 7) is 0. The number of benzene rings is 2. The minimum absolute atomic E-state index is 0.0718. The number of thioether (sulfide) groups is 1. The van der Waals surface area contributed by atoms with Crippen molar-refractivity contribution in [3.8, 4) is 0 Å². The predicted molar refractivity (Wildman–Crippen MR) is 81.1 cm³/mol. The van der Waals surface area contributed by atoms with Crippen LogP contribution in [0, 0.1) is 10.1 Å². The van der Waals surface area contributed by atoms with Gasteiger partial charge in [0.2, 0.25) is 0 Å². The largest absolute Gasteiger partial charge is 0.478 e. The topological polar surface area (TPSA) is 80.4 Å². The Bertz CT molecular complexity index is 691. The van der Waals surface area contributed by atoms with E-state index in [1.165, 1.54) is 17.8 Å². The van der Waals surface area contributed by atoms with Crippen LogP contribution in [0.2, 0.25) is 5.02 Å². The minimum Gasteiger partial charge on any atom is -0.478 e. The molecule has 0 saturated heterocycles. The van der Waals surface area contributed by atoms with Gasteiger partial charge in [0.1, 0.15) is 0 Å². The molecule has 0 saturated carbocycles. The molecule has 0 aliphatic carbocycles. The second kappa shape index (κ2) is 6.60. The first-order valence-corrected chi connectivity index (χ1v) is 7.23. The van der Waals surface area contributed by atoms with E-state index in [4.69, 9.17) is 11.6 Å². The lowest BCUT2D eigenvalue weighted by Crippen LogP contribution is -2.02. The van der Waals surface area contributed by atoms with Crippen LogP contribution in [0.5, 0.6) is 0 Å². The molecule has 0 radical (unpaired) electrons. The van der Waals surface area contributed by atoms with E-state index in [9.17, 15) is 20.0 Å². The number of nitro groups is 1. The molecule has 0 unspecified atom stereocenters. The summed E-state index contributed by atoms with van der Waals surface area (Å²) < 4.78 is 0. The highest BCUT2D eigenvalue weighted by Gasteiger charge is 2.20. The molecule has 2 rings (SSSR count). The third-order valence-corrected chi connectivity index (χ3v) is 4.31. The number of hydrogen-bond acceptors (Lipinski definition) is 4. The fourth-order valence-corrected chi connectivity index (χ4v) is 3.10. The Morgan fingerprint density at radius 3 is 2.52 bits per heavy atom. The van der Waals surface area contributed by atoms with Gasteiger partial charge in [0, 0.05) is 22.8 Å². The fourth-order valence-electron chi connectivity index (χ4n) is 1.72. The van der Waals surface area contributed by atoms with Crippen molar-refractivity contribution >= 4 is 35.0 Å². The molecule has 108 valence electrons. The van der Waals surface area contributed by atoms with Crippen molar-refractivity contribution in [2.24, 2.45) is 0 Å². The molecule has 0 heterocycles. The van der Waals surface area contributed by atoms with E-state index in [0.29, 0.717) is 10.6 Å². The van der Waals surface area contributed by atoms with E-state index >= 15 is 0 Å². The van der Waals surface area contributed by atoms with E-state index < -0.39 is 10.9 Å². The van der Waals surface area contributed by atoms with Gasteiger partial charge in [0.25, 0.3) is 5.69 Å². The van der Waals surface area contributed by atoms with Gasteiger partial charge in [-0.25, -0.2) is 4.79 Å². The molecule has 0 spiro atoms. The van der Waals surface area contributed by atoms with Gasteiger partial charge >= 0.3 is 5.97 Å². The molecule has 0 amide bonds. The Kier molecular flexibility index (Phi) is 4.82. The van der Waals surface area contributed by atoms with Gasteiger partial charge in [0.15, 0.2) is 0 Å². The normalized spacial score (nSPS) is 10.3.